The van der Waals surface area contributed by atoms with Gasteiger partial charge in [0.2, 0.25) is 0 Å². The molecule has 0 aliphatic rings. The minimum atomic E-state index is -0.610. The maximum Gasteiger partial charge on any atom is 0.407 e. The number of benzene rings is 1. The molecule has 0 saturated carbocycles. The first-order valence-electron chi connectivity index (χ1n) is 9.05. The molecule has 0 radical (unpaired) electrons. The molecule has 1 aromatic rings. The van der Waals surface area contributed by atoms with Gasteiger partial charge in [-0.3, -0.25) is 4.79 Å². The topological polar surface area (TPSA) is 64.6 Å². The van der Waals surface area contributed by atoms with Crippen LogP contribution in [0, 0.1) is 11.7 Å². The van der Waals surface area contributed by atoms with E-state index in [0.717, 1.165) is 12.0 Å². The largest absolute Gasteiger partial charge is 0.468 e. The third-order valence-electron chi connectivity index (χ3n) is 3.51. The lowest BCUT2D eigenvalue weighted by molar-refractivity contribution is -0.130. The van der Waals surface area contributed by atoms with Gasteiger partial charge in [-0.05, 0) is 51.2 Å². The average Bonchev–Trinajstić information content (AvgIpc) is 2.58. The normalized spacial score (nSPS) is 11.7. The number of rotatable bonds is 8. The van der Waals surface area contributed by atoms with Crippen LogP contribution in [0.25, 0.3) is 0 Å². The quantitative estimate of drug-likeness (QED) is 0.679. The molecule has 1 atom stereocenters. The molecule has 0 fully saturated rings. The van der Waals surface area contributed by atoms with Crippen molar-refractivity contribution >= 4 is 12.6 Å². The predicted molar refractivity (Wildman–Crippen MR) is 100 cm³/mol. The van der Waals surface area contributed by atoms with Crippen molar-refractivity contribution in [3.05, 3.63) is 35.1 Å². The van der Waals surface area contributed by atoms with E-state index >= 15 is 0 Å². The van der Waals surface area contributed by atoms with Crippen LogP contribution >= 0.6 is 0 Å². The Morgan fingerprint density at radius 3 is 2.50 bits per heavy atom. The van der Waals surface area contributed by atoms with Crippen LogP contribution < -0.4 is 5.32 Å². The van der Waals surface area contributed by atoms with Crippen LogP contribution in [0.4, 0.5) is 9.18 Å². The molecule has 1 unspecified atom stereocenters. The van der Waals surface area contributed by atoms with E-state index in [2.05, 4.69) is 5.32 Å². The van der Waals surface area contributed by atoms with Crippen molar-refractivity contribution in [1.82, 2.24) is 5.32 Å². The Morgan fingerprint density at radius 1 is 1.31 bits per heavy atom. The summed E-state index contributed by atoms with van der Waals surface area (Å²) in [6, 6.07) is 4.81. The highest BCUT2D eigenvalue weighted by molar-refractivity contribution is 5.67. The van der Waals surface area contributed by atoms with Gasteiger partial charge in [0, 0.05) is 12.1 Å². The van der Waals surface area contributed by atoms with Crippen molar-refractivity contribution in [3.63, 3.8) is 0 Å². The van der Waals surface area contributed by atoms with Crippen molar-refractivity contribution in [2.45, 2.75) is 66.5 Å². The zero-order valence-corrected chi connectivity index (χ0v) is 16.7. The summed E-state index contributed by atoms with van der Waals surface area (Å²) in [5, 5.41) is 2.58. The van der Waals surface area contributed by atoms with Crippen LogP contribution in [0.15, 0.2) is 18.2 Å². The van der Waals surface area contributed by atoms with E-state index in [1.807, 2.05) is 26.8 Å². The molecule has 1 amide bonds. The third kappa shape index (κ3) is 9.39. The summed E-state index contributed by atoms with van der Waals surface area (Å²) in [4.78, 5) is 22.1. The third-order valence-corrected chi connectivity index (χ3v) is 3.51. The smallest absolute Gasteiger partial charge is 0.407 e. The second-order valence-corrected chi connectivity index (χ2v) is 6.64. The van der Waals surface area contributed by atoms with Gasteiger partial charge < -0.3 is 14.8 Å². The summed E-state index contributed by atoms with van der Waals surface area (Å²) in [5.41, 5.74) is 0.599. The van der Waals surface area contributed by atoms with Gasteiger partial charge in [-0.25, -0.2) is 9.18 Å². The molecule has 0 spiro atoms. The first kappa shape index (κ1) is 23.9. The maximum absolute atomic E-state index is 14.2. The maximum atomic E-state index is 14.2. The lowest BCUT2D eigenvalue weighted by Gasteiger charge is -2.21. The fourth-order valence-corrected chi connectivity index (χ4v) is 2.27. The lowest BCUT2D eigenvalue weighted by atomic mass is 9.94. The Hall–Kier alpha value is -2.11. The molecule has 1 aromatic carbocycles. The molecule has 148 valence electrons. The summed E-state index contributed by atoms with van der Waals surface area (Å²) in [7, 11) is 0. The molecule has 5 nitrogen and oxygen atoms in total. The highest BCUT2D eigenvalue weighted by atomic mass is 19.1. The Bertz CT molecular complexity index is 555. The Morgan fingerprint density at radius 2 is 1.96 bits per heavy atom. The van der Waals surface area contributed by atoms with Gasteiger partial charge in [-0.2, -0.15) is 0 Å². The van der Waals surface area contributed by atoms with Crippen LogP contribution in [0.1, 0.15) is 59.1 Å². The minimum absolute atomic E-state index is 0.0435. The molecule has 0 heterocycles. The molecule has 0 aliphatic carbocycles. The second kappa shape index (κ2) is 12.3. The van der Waals surface area contributed by atoms with E-state index in [9.17, 15) is 14.0 Å². The minimum Gasteiger partial charge on any atom is -0.468 e. The Kier molecular flexibility index (Phi) is 11.3. The van der Waals surface area contributed by atoms with Crippen molar-refractivity contribution in [3.8, 4) is 0 Å². The van der Waals surface area contributed by atoms with Crippen LogP contribution in [0.5, 0.6) is 0 Å². The molecule has 0 aromatic heterocycles. The predicted octanol–water partition coefficient (Wildman–Crippen LogP) is 4.62. The zero-order chi connectivity index (χ0) is 20.2. The zero-order valence-electron chi connectivity index (χ0n) is 16.7. The van der Waals surface area contributed by atoms with Gasteiger partial charge in [0.05, 0.1) is 6.61 Å². The fraction of sp³-hybridized carbons (Fsp3) is 0.600. The highest BCUT2D eigenvalue weighted by Crippen LogP contribution is 2.20. The highest BCUT2D eigenvalue weighted by Gasteiger charge is 2.18. The number of ether oxygens (including phenoxy) is 2. The number of carbonyl (C=O) groups excluding carboxylic acids is 2. The van der Waals surface area contributed by atoms with E-state index in [-0.39, 0.29) is 24.9 Å². The van der Waals surface area contributed by atoms with Gasteiger partial charge in [-0.15, -0.1) is 0 Å². The van der Waals surface area contributed by atoms with Gasteiger partial charge in [0.15, 0.2) is 0 Å². The number of nitrogens with one attached hydrogen (secondary N) is 1. The van der Waals surface area contributed by atoms with Crippen LogP contribution in [-0.2, 0) is 27.2 Å². The second-order valence-electron chi connectivity index (χ2n) is 6.64. The van der Waals surface area contributed by atoms with Crippen LogP contribution in [-0.4, -0.2) is 24.8 Å². The monoisotopic (exact) mass is 369 g/mol. The molecule has 0 saturated heterocycles. The summed E-state index contributed by atoms with van der Waals surface area (Å²) < 4.78 is 24.1. The first-order valence-corrected chi connectivity index (χ1v) is 9.05. The molecule has 0 aliphatic heterocycles. The number of amides is 1. The molecule has 26 heavy (non-hydrogen) atoms. The summed E-state index contributed by atoms with van der Waals surface area (Å²) >= 11 is 0. The number of halogens is 1. The van der Waals surface area contributed by atoms with E-state index in [1.54, 1.807) is 26.8 Å². The molecule has 0 bridgehead atoms. The fourth-order valence-electron chi connectivity index (χ4n) is 2.27. The standard InChI is InChI=1S/C18H26FNO4.C2H6/c1-5-13(11-23-12-21)9-14-7-6-8-16(19)15(14)10-20-17(22)24-18(2,3)4;1-2/h6-8,12-13H,5,9-11H2,1-4H3,(H,20,22);1-2H3. The Labute approximate surface area is 156 Å². The van der Waals surface area contributed by atoms with Crippen LogP contribution in [0.2, 0.25) is 0 Å². The van der Waals surface area contributed by atoms with Gasteiger partial charge in [-0.1, -0.05) is 32.9 Å². The molecule has 6 heteroatoms. The summed E-state index contributed by atoms with van der Waals surface area (Å²) in [6.07, 6.45) is 0.768. The van der Waals surface area contributed by atoms with Gasteiger partial charge >= 0.3 is 6.09 Å². The van der Waals surface area contributed by atoms with E-state index in [0.29, 0.717) is 18.5 Å². The number of carbonyl (C=O) groups is 2. The number of hydrogen-bond acceptors (Lipinski definition) is 4. The molecular weight excluding hydrogens is 337 g/mol. The van der Waals surface area contributed by atoms with Crippen molar-refractivity contribution in [2.75, 3.05) is 6.61 Å². The van der Waals surface area contributed by atoms with E-state index in [4.69, 9.17) is 9.47 Å². The average molecular weight is 369 g/mol. The Balaban J connectivity index is 0.00000301. The van der Waals surface area contributed by atoms with Crippen molar-refractivity contribution in [1.29, 1.82) is 0 Å². The lowest BCUT2D eigenvalue weighted by Crippen LogP contribution is -2.32. The number of alkyl carbamates (subject to hydrolysis) is 1. The summed E-state index contributed by atoms with van der Waals surface area (Å²) in [5.74, 6) is -0.285. The van der Waals surface area contributed by atoms with Gasteiger partial charge in [0.25, 0.3) is 6.47 Å². The molecule has 1 N–H and O–H groups in total. The first-order chi connectivity index (χ1) is 12.3. The number of hydrogen-bond donors (Lipinski definition) is 1. The van der Waals surface area contributed by atoms with Crippen molar-refractivity contribution < 1.29 is 23.5 Å². The van der Waals surface area contributed by atoms with E-state index < -0.39 is 11.7 Å². The molecular formula is C20H32FNO4. The van der Waals surface area contributed by atoms with E-state index in [1.165, 1.54) is 6.07 Å². The molecule has 1 rings (SSSR count). The van der Waals surface area contributed by atoms with Gasteiger partial charge in [0.1, 0.15) is 11.4 Å². The SMILES string of the molecule is CC.CCC(COC=O)Cc1cccc(F)c1CNC(=O)OC(C)(C)C. The summed E-state index contributed by atoms with van der Waals surface area (Å²) in [6.45, 7) is 12.0. The van der Waals surface area contributed by atoms with Crippen LogP contribution in [0.3, 0.4) is 0 Å². The van der Waals surface area contributed by atoms with Crippen molar-refractivity contribution in [2.24, 2.45) is 5.92 Å².